The van der Waals surface area contributed by atoms with E-state index in [-0.39, 0.29) is 11.8 Å². The third-order valence-corrected chi connectivity index (χ3v) is 4.03. The zero-order valence-corrected chi connectivity index (χ0v) is 12.6. The molecule has 1 aliphatic heterocycles. The number of carbonyl (C=O) groups excluding carboxylic acids is 1. The van der Waals surface area contributed by atoms with Gasteiger partial charge in [-0.25, -0.2) is 0 Å². The summed E-state index contributed by atoms with van der Waals surface area (Å²) >= 11 is 0. The Bertz CT molecular complexity index is 624. The van der Waals surface area contributed by atoms with Crippen molar-refractivity contribution in [2.24, 2.45) is 5.92 Å². The number of hydrogen-bond acceptors (Lipinski definition) is 2. The van der Waals surface area contributed by atoms with E-state index < -0.39 is 0 Å². The van der Waals surface area contributed by atoms with Gasteiger partial charge in [0.25, 0.3) is 0 Å². The third-order valence-electron chi connectivity index (χ3n) is 4.03. The molecule has 3 heteroatoms. The van der Waals surface area contributed by atoms with Gasteiger partial charge in [-0.1, -0.05) is 48.5 Å². The Labute approximate surface area is 131 Å². The summed E-state index contributed by atoms with van der Waals surface area (Å²) in [4.78, 5) is 12.2. The van der Waals surface area contributed by atoms with Gasteiger partial charge in [0, 0.05) is 6.54 Å². The minimum absolute atomic E-state index is 0.0772. The highest BCUT2D eigenvalue weighted by Gasteiger charge is 2.25. The van der Waals surface area contributed by atoms with Crippen LogP contribution >= 0.6 is 0 Å². The molecule has 1 atom stereocenters. The maximum Gasteiger partial charge on any atom is 0.226 e. The van der Waals surface area contributed by atoms with E-state index in [1.165, 1.54) is 5.56 Å². The zero-order chi connectivity index (χ0) is 15.2. The Morgan fingerprint density at radius 1 is 1.09 bits per heavy atom. The topological polar surface area (TPSA) is 38.3 Å². The fraction of sp³-hybridized carbons (Fsp3) is 0.316. The van der Waals surface area contributed by atoms with E-state index in [0.29, 0.717) is 13.2 Å². The molecule has 1 aliphatic rings. The molecule has 0 radical (unpaired) electrons. The number of amides is 1. The molecule has 1 N–H and O–H groups in total. The monoisotopic (exact) mass is 295 g/mol. The molecule has 2 aromatic rings. The smallest absolute Gasteiger partial charge is 0.226 e. The predicted octanol–water partition coefficient (Wildman–Crippen LogP) is 2.99. The zero-order valence-electron chi connectivity index (χ0n) is 12.6. The van der Waals surface area contributed by atoms with E-state index in [1.807, 2.05) is 42.5 Å². The fourth-order valence-corrected chi connectivity index (χ4v) is 2.79. The predicted molar refractivity (Wildman–Crippen MR) is 86.9 cm³/mol. The van der Waals surface area contributed by atoms with Crippen molar-refractivity contribution >= 4 is 5.91 Å². The normalized spacial score (nSPS) is 16.5. The average molecular weight is 295 g/mol. The lowest BCUT2D eigenvalue weighted by molar-refractivity contribution is -0.126. The van der Waals surface area contributed by atoms with Crippen LogP contribution in [0.2, 0.25) is 0 Å². The van der Waals surface area contributed by atoms with Crippen molar-refractivity contribution in [1.29, 1.82) is 0 Å². The molecule has 22 heavy (non-hydrogen) atoms. The van der Waals surface area contributed by atoms with E-state index in [2.05, 4.69) is 17.4 Å². The maximum atomic E-state index is 12.2. The first-order valence-corrected chi connectivity index (χ1v) is 7.85. The maximum absolute atomic E-state index is 12.2. The average Bonchev–Trinajstić information content (AvgIpc) is 2.59. The lowest BCUT2D eigenvalue weighted by atomic mass is 9.96. The Balaban J connectivity index is 1.43. The van der Waals surface area contributed by atoms with Gasteiger partial charge in [-0.15, -0.1) is 0 Å². The number of carbonyl (C=O) groups is 1. The summed E-state index contributed by atoms with van der Waals surface area (Å²) in [5.41, 5.74) is 2.44. The van der Waals surface area contributed by atoms with Crippen LogP contribution in [0.1, 0.15) is 17.5 Å². The van der Waals surface area contributed by atoms with E-state index >= 15 is 0 Å². The molecule has 1 unspecified atom stereocenters. The van der Waals surface area contributed by atoms with Crippen LogP contribution in [0.5, 0.6) is 5.75 Å². The SMILES string of the molecule is O=C(NCCCc1ccccc1)C1COc2ccccc2C1. The van der Waals surface area contributed by atoms with Crippen molar-refractivity contribution in [2.75, 3.05) is 13.2 Å². The summed E-state index contributed by atoms with van der Waals surface area (Å²) in [5, 5.41) is 3.03. The van der Waals surface area contributed by atoms with Crippen molar-refractivity contribution in [2.45, 2.75) is 19.3 Å². The van der Waals surface area contributed by atoms with Crippen molar-refractivity contribution in [3.63, 3.8) is 0 Å². The number of nitrogens with one attached hydrogen (secondary N) is 1. The summed E-state index contributed by atoms with van der Waals surface area (Å²) in [6.45, 7) is 1.19. The number of hydrogen-bond donors (Lipinski definition) is 1. The molecule has 3 rings (SSSR count). The molecule has 0 saturated heterocycles. The van der Waals surface area contributed by atoms with Crippen LogP contribution in [0, 0.1) is 5.92 Å². The Kier molecular flexibility index (Phi) is 4.74. The van der Waals surface area contributed by atoms with Crippen LogP contribution in [0.3, 0.4) is 0 Å². The van der Waals surface area contributed by atoms with Gasteiger partial charge in [-0.2, -0.15) is 0 Å². The molecular formula is C19H21NO2. The largest absolute Gasteiger partial charge is 0.492 e. The highest BCUT2D eigenvalue weighted by molar-refractivity contribution is 5.79. The number of fused-ring (bicyclic) bond motifs is 1. The summed E-state index contributed by atoms with van der Waals surface area (Å²) in [7, 11) is 0. The number of ether oxygens (including phenoxy) is 1. The van der Waals surface area contributed by atoms with Gasteiger partial charge < -0.3 is 10.1 Å². The number of aryl methyl sites for hydroxylation is 1. The molecule has 0 fully saturated rings. The number of rotatable bonds is 5. The summed E-state index contributed by atoms with van der Waals surface area (Å²) in [5.74, 6) is 0.935. The Morgan fingerprint density at radius 3 is 2.73 bits per heavy atom. The summed E-state index contributed by atoms with van der Waals surface area (Å²) in [6.07, 6.45) is 2.71. The Morgan fingerprint density at radius 2 is 1.86 bits per heavy atom. The molecule has 0 spiro atoms. The molecule has 0 saturated carbocycles. The van der Waals surface area contributed by atoms with Gasteiger partial charge in [0.2, 0.25) is 5.91 Å². The first kappa shape index (κ1) is 14.6. The molecule has 0 bridgehead atoms. The molecule has 114 valence electrons. The van der Waals surface area contributed by atoms with Crippen molar-refractivity contribution < 1.29 is 9.53 Å². The number of para-hydroxylation sites is 1. The van der Waals surface area contributed by atoms with Crippen molar-refractivity contribution in [3.8, 4) is 5.75 Å². The molecule has 1 heterocycles. The second-order valence-electron chi connectivity index (χ2n) is 5.70. The quantitative estimate of drug-likeness (QED) is 0.861. The summed E-state index contributed by atoms with van der Waals surface area (Å²) in [6, 6.07) is 18.3. The standard InChI is InChI=1S/C19H21NO2/c21-19(20-12-6-9-15-7-2-1-3-8-15)17-13-16-10-4-5-11-18(16)22-14-17/h1-5,7-8,10-11,17H,6,9,12-14H2,(H,20,21). The van der Waals surface area contributed by atoms with E-state index in [1.54, 1.807) is 0 Å². The van der Waals surface area contributed by atoms with Gasteiger partial charge in [-0.3, -0.25) is 4.79 Å². The summed E-state index contributed by atoms with van der Waals surface area (Å²) < 4.78 is 5.67. The second-order valence-corrected chi connectivity index (χ2v) is 5.70. The van der Waals surface area contributed by atoms with E-state index in [4.69, 9.17) is 4.74 Å². The molecule has 0 aromatic heterocycles. The highest BCUT2D eigenvalue weighted by atomic mass is 16.5. The lowest BCUT2D eigenvalue weighted by Gasteiger charge is -2.24. The lowest BCUT2D eigenvalue weighted by Crippen LogP contribution is -2.37. The van der Waals surface area contributed by atoms with Gasteiger partial charge in [-0.05, 0) is 36.5 Å². The van der Waals surface area contributed by atoms with Crippen molar-refractivity contribution in [3.05, 3.63) is 65.7 Å². The van der Waals surface area contributed by atoms with Crippen LogP contribution in [0.15, 0.2) is 54.6 Å². The van der Waals surface area contributed by atoms with E-state index in [9.17, 15) is 4.79 Å². The van der Waals surface area contributed by atoms with Gasteiger partial charge >= 0.3 is 0 Å². The van der Waals surface area contributed by atoms with Crippen LogP contribution in [0.4, 0.5) is 0 Å². The van der Waals surface area contributed by atoms with Gasteiger partial charge in [0.1, 0.15) is 12.4 Å². The minimum Gasteiger partial charge on any atom is -0.492 e. The van der Waals surface area contributed by atoms with Crippen LogP contribution in [-0.2, 0) is 17.6 Å². The second kappa shape index (κ2) is 7.12. The minimum atomic E-state index is -0.0772. The molecule has 1 amide bonds. The molecule has 3 nitrogen and oxygen atoms in total. The number of benzene rings is 2. The molecule has 2 aromatic carbocycles. The molecular weight excluding hydrogens is 274 g/mol. The van der Waals surface area contributed by atoms with Gasteiger partial charge in [0.05, 0.1) is 5.92 Å². The van der Waals surface area contributed by atoms with Crippen molar-refractivity contribution in [1.82, 2.24) is 5.32 Å². The van der Waals surface area contributed by atoms with Crippen LogP contribution in [0.25, 0.3) is 0 Å². The van der Waals surface area contributed by atoms with Crippen LogP contribution in [-0.4, -0.2) is 19.1 Å². The Hall–Kier alpha value is -2.29. The fourth-order valence-electron chi connectivity index (χ4n) is 2.79. The molecule has 0 aliphatic carbocycles. The van der Waals surface area contributed by atoms with E-state index in [0.717, 1.165) is 30.6 Å². The third kappa shape index (κ3) is 3.67. The van der Waals surface area contributed by atoms with Gasteiger partial charge in [0.15, 0.2) is 0 Å². The first-order chi connectivity index (χ1) is 10.8. The highest BCUT2D eigenvalue weighted by Crippen LogP contribution is 2.26. The van der Waals surface area contributed by atoms with Crippen LogP contribution < -0.4 is 10.1 Å². The first-order valence-electron chi connectivity index (χ1n) is 7.85.